The number of halogens is 2. The summed E-state index contributed by atoms with van der Waals surface area (Å²) in [5, 5.41) is 4.88. The SMILES string of the molecule is O=S(=O)(Nc1cscn1)c1cc(Cl)c(N[C@H]2CCN(Cc3ccccn3)C2)cc1F. The molecule has 0 amide bonds. The summed E-state index contributed by atoms with van der Waals surface area (Å²) in [7, 11) is -4.13. The first-order valence-electron chi connectivity index (χ1n) is 9.19. The molecule has 1 saturated heterocycles. The van der Waals surface area contributed by atoms with Crippen LogP contribution in [-0.4, -0.2) is 42.4 Å². The molecule has 0 saturated carbocycles. The lowest BCUT2D eigenvalue weighted by Gasteiger charge is -2.18. The first kappa shape index (κ1) is 21.0. The summed E-state index contributed by atoms with van der Waals surface area (Å²) in [5.41, 5.74) is 2.84. The Morgan fingerprint density at radius 3 is 2.90 bits per heavy atom. The monoisotopic (exact) mass is 467 g/mol. The molecule has 1 aliphatic rings. The molecular formula is C19H19ClFN5O2S2. The number of likely N-dealkylation sites (tertiary alicyclic amines) is 1. The molecule has 1 atom stereocenters. The average molecular weight is 468 g/mol. The maximum absolute atomic E-state index is 14.6. The topological polar surface area (TPSA) is 87.2 Å². The van der Waals surface area contributed by atoms with E-state index in [0.29, 0.717) is 5.69 Å². The molecule has 0 radical (unpaired) electrons. The number of thiazole rings is 1. The van der Waals surface area contributed by atoms with Crippen LogP contribution in [0.25, 0.3) is 0 Å². The maximum Gasteiger partial charge on any atom is 0.266 e. The predicted octanol–water partition coefficient (Wildman–Crippen LogP) is 3.82. The second-order valence-corrected chi connectivity index (χ2v) is 9.70. The van der Waals surface area contributed by atoms with Crippen LogP contribution < -0.4 is 10.0 Å². The zero-order valence-electron chi connectivity index (χ0n) is 15.8. The van der Waals surface area contributed by atoms with E-state index < -0.39 is 20.7 Å². The van der Waals surface area contributed by atoms with Crippen LogP contribution in [0.3, 0.4) is 0 Å². The van der Waals surface area contributed by atoms with E-state index in [0.717, 1.165) is 43.9 Å². The standard InChI is InChI=1S/C19H19ClFN5O2S2/c20-15-7-18(30(27,28)25-19-11-29-12-23-19)16(21)8-17(15)24-14-4-6-26(10-14)9-13-3-1-2-5-22-13/h1-3,5,7-8,11-12,14,24-25H,4,6,9-10H2/t14-/m0/s1. The van der Waals surface area contributed by atoms with Gasteiger partial charge in [0.05, 0.1) is 21.9 Å². The highest BCUT2D eigenvalue weighted by Crippen LogP contribution is 2.30. The Balaban J connectivity index is 1.44. The Kier molecular flexibility index (Phi) is 6.19. The minimum absolute atomic E-state index is 0.0706. The van der Waals surface area contributed by atoms with Crippen LogP contribution in [0.2, 0.25) is 5.02 Å². The number of aromatic nitrogens is 2. The third kappa shape index (κ3) is 4.89. The van der Waals surface area contributed by atoms with Crippen molar-refractivity contribution < 1.29 is 12.8 Å². The molecule has 1 aromatic carbocycles. The van der Waals surface area contributed by atoms with Crippen molar-refractivity contribution >= 4 is 44.5 Å². The molecule has 0 aliphatic carbocycles. The number of rotatable bonds is 7. The second kappa shape index (κ2) is 8.84. The third-order valence-electron chi connectivity index (χ3n) is 4.73. The molecule has 4 rings (SSSR count). The lowest BCUT2D eigenvalue weighted by molar-refractivity contribution is 0.324. The van der Waals surface area contributed by atoms with Crippen molar-refractivity contribution in [3.8, 4) is 0 Å². The molecule has 30 heavy (non-hydrogen) atoms. The fraction of sp³-hybridized carbons (Fsp3) is 0.263. The Labute approximate surface area is 183 Å². The molecule has 0 bridgehead atoms. The van der Waals surface area contributed by atoms with Crippen molar-refractivity contribution in [2.45, 2.75) is 23.9 Å². The second-order valence-electron chi connectivity index (χ2n) is 6.93. The third-order valence-corrected chi connectivity index (χ3v) is 7.00. The highest BCUT2D eigenvalue weighted by molar-refractivity contribution is 7.92. The molecule has 3 heterocycles. The summed E-state index contributed by atoms with van der Waals surface area (Å²) >= 11 is 7.50. The van der Waals surface area contributed by atoms with Crippen molar-refractivity contribution in [1.29, 1.82) is 0 Å². The van der Waals surface area contributed by atoms with Gasteiger partial charge in [0.2, 0.25) is 0 Å². The van der Waals surface area contributed by atoms with Gasteiger partial charge < -0.3 is 5.32 Å². The molecule has 2 N–H and O–H groups in total. The summed E-state index contributed by atoms with van der Waals surface area (Å²) < 4.78 is 41.8. The van der Waals surface area contributed by atoms with Crippen molar-refractivity contribution in [2.75, 3.05) is 23.1 Å². The van der Waals surface area contributed by atoms with Crippen LogP contribution in [0, 0.1) is 5.82 Å². The minimum Gasteiger partial charge on any atom is -0.380 e. The zero-order valence-corrected chi connectivity index (χ0v) is 18.1. The van der Waals surface area contributed by atoms with E-state index in [1.54, 1.807) is 6.20 Å². The number of hydrogen-bond donors (Lipinski definition) is 2. The van der Waals surface area contributed by atoms with Crippen molar-refractivity contribution in [2.24, 2.45) is 0 Å². The molecule has 3 aromatic rings. The Hall–Kier alpha value is -2.27. The van der Waals surface area contributed by atoms with Gasteiger partial charge in [0.15, 0.2) is 5.82 Å². The van der Waals surface area contributed by atoms with E-state index in [1.807, 2.05) is 18.2 Å². The summed E-state index contributed by atoms with van der Waals surface area (Å²) in [6.45, 7) is 2.36. The Morgan fingerprint density at radius 2 is 2.17 bits per heavy atom. The number of pyridine rings is 1. The lowest BCUT2D eigenvalue weighted by Crippen LogP contribution is -2.26. The van der Waals surface area contributed by atoms with Gasteiger partial charge in [-0.15, -0.1) is 11.3 Å². The van der Waals surface area contributed by atoms with E-state index >= 15 is 0 Å². The van der Waals surface area contributed by atoms with Gasteiger partial charge in [0.25, 0.3) is 10.0 Å². The van der Waals surface area contributed by atoms with Crippen LogP contribution in [-0.2, 0) is 16.6 Å². The van der Waals surface area contributed by atoms with Gasteiger partial charge >= 0.3 is 0 Å². The quantitative estimate of drug-likeness (QED) is 0.549. The summed E-state index contributed by atoms with van der Waals surface area (Å²) in [6, 6.07) is 8.13. The molecule has 0 unspecified atom stereocenters. The summed E-state index contributed by atoms with van der Waals surface area (Å²) in [5.74, 6) is -0.746. The van der Waals surface area contributed by atoms with Crippen LogP contribution in [0.15, 0.2) is 52.3 Å². The van der Waals surface area contributed by atoms with E-state index in [2.05, 4.69) is 24.9 Å². The van der Waals surface area contributed by atoms with Crippen molar-refractivity contribution in [3.05, 3.63) is 64.0 Å². The average Bonchev–Trinajstić information content (AvgIpc) is 3.37. The molecule has 11 heteroatoms. The smallest absolute Gasteiger partial charge is 0.266 e. The number of nitrogens with zero attached hydrogens (tertiary/aromatic N) is 3. The Bertz CT molecular complexity index is 1110. The fourth-order valence-corrected chi connectivity index (χ4v) is 5.26. The van der Waals surface area contributed by atoms with Gasteiger partial charge in [-0.25, -0.2) is 17.8 Å². The zero-order chi connectivity index (χ0) is 21.1. The minimum atomic E-state index is -4.13. The predicted molar refractivity (Wildman–Crippen MR) is 116 cm³/mol. The van der Waals surface area contributed by atoms with Crippen molar-refractivity contribution in [1.82, 2.24) is 14.9 Å². The van der Waals surface area contributed by atoms with Gasteiger partial charge in [0, 0.05) is 37.3 Å². The van der Waals surface area contributed by atoms with Crippen LogP contribution in [0.5, 0.6) is 0 Å². The number of benzene rings is 1. The van der Waals surface area contributed by atoms with E-state index in [1.165, 1.54) is 22.2 Å². The Morgan fingerprint density at radius 1 is 1.30 bits per heavy atom. The number of nitrogens with one attached hydrogen (secondary N) is 2. The molecule has 1 aliphatic heterocycles. The molecule has 1 fully saturated rings. The van der Waals surface area contributed by atoms with Crippen molar-refractivity contribution in [3.63, 3.8) is 0 Å². The number of hydrogen-bond acceptors (Lipinski definition) is 7. The highest BCUT2D eigenvalue weighted by Gasteiger charge is 2.26. The molecular weight excluding hydrogens is 449 g/mol. The van der Waals surface area contributed by atoms with Gasteiger partial charge in [-0.1, -0.05) is 17.7 Å². The summed E-state index contributed by atoms with van der Waals surface area (Å²) in [4.78, 5) is 9.92. The molecule has 158 valence electrons. The van der Waals surface area contributed by atoms with Gasteiger partial charge in [0.1, 0.15) is 10.7 Å². The van der Waals surface area contributed by atoms with Gasteiger partial charge in [-0.2, -0.15) is 0 Å². The fourth-order valence-electron chi connectivity index (χ4n) is 3.34. The lowest BCUT2D eigenvalue weighted by atomic mass is 10.2. The van der Waals surface area contributed by atoms with Crippen LogP contribution >= 0.6 is 22.9 Å². The largest absolute Gasteiger partial charge is 0.380 e. The van der Waals surface area contributed by atoms with Crippen LogP contribution in [0.1, 0.15) is 12.1 Å². The normalized spacial score (nSPS) is 17.2. The number of anilines is 2. The van der Waals surface area contributed by atoms with Crippen LogP contribution in [0.4, 0.5) is 15.9 Å². The van der Waals surface area contributed by atoms with Gasteiger partial charge in [-0.3, -0.25) is 14.6 Å². The van der Waals surface area contributed by atoms with Gasteiger partial charge in [-0.05, 0) is 30.7 Å². The first-order valence-corrected chi connectivity index (χ1v) is 12.0. The van der Waals surface area contributed by atoms with E-state index in [4.69, 9.17) is 11.6 Å². The number of sulfonamides is 1. The highest BCUT2D eigenvalue weighted by atomic mass is 35.5. The summed E-state index contributed by atoms with van der Waals surface area (Å²) in [6.07, 6.45) is 2.62. The molecule has 2 aromatic heterocycles. The molecule has 0 spiro atoms. The molecule has 7 nitrogen and oxygen atoms in total. The maximum atomic E-state index is 14.6. The van der Waals surface area contributed by atoms with E-state index in [9.17, 15) is 12.8 Å². The van der Waals surface area contributed by atoms with E-state index in [-0.39, 0.29) is 16.9 Å². The first-order chi connectivity index (χ1) is 14.4.